The lowest BCUT2D eigenvalue weighted by atomic mass is 9.95. The summed E-state index contributed by atoms with van der Waals surface area (Å²) in [5, 5.41) is 0.738. The van der Waals surface area contributed by atoms with Crippen LogP contribution in [0.4, 0.5) is 4.39 Å². The van der Waals surface area contributed by atoms with Gasteiger partial charge >= 0.3 is 0 Å². The van der Waals surface area contributed by atoms with Crippen LogP contribution in [0.2, 0.25) is 0 Å². The minimum absolute atomic E-state index is 0.268. The normalized spacial score (nSPS) is 12.8. The first-order chi connectivity index (χ1) is 9.58. The van der Waals surface area contributed by atoms with Crippen molar-refractivity contribution < 1.29 is 8.81 Å². The van der Waals surface area contributed by atoms with Gasteiger partial charge in [-0.25, -0.2) is 4.39 Å². The quantitative estimate of drug-likeness (QED) is 0.756. The van der Waals surface area contributed by atoms with Gasteiger partial charge in [0.05, 0.1) is 6.04 Å². The highest BCUT2D eigenvalue weighted by Crippen LogP contribution is 2.30. The number of fused-ring (bicyclic) bond motifs is 1. The minimum atomic E-state index is -0.386. The highest BCUT2D eigenvalue weighted by Gasteiger charge is 2.18. The first-order valence-electron chi connectivity index (χ1n) is 6.57. The third kappa shape index (κ3) is 2.00. The molecule has 2 nitrogen and oxygen atoms in total. The fraction of sp³-hybridized carbons (Fsp3) is 0.176. The van der Waals surface area contributed by atoms with Gasteiger partial charge in [0.2, 0.25) is 0 Å². The van der Waals surface area contributed by atoms with Crippen molar-refractivity contribution in [2.45, 2.75) is 19.9 Å². The van der Waals surface area contributed by atoms with Crippen LogP contribution in [0.1, 0.15) is 28.5 Å². The number of hydrogen-bond donors (Lipinski definition) is 1. The molecule has 0 bridgehead atoms. The summed E-state index contributed by atoms with van der Waals surface area (Å²) in [7, 11) is 0. The Balaban J connectivity index is 2.13. The van der Waals surface area contributed by atoms with Crippen molar-refractivity contribution in [3.05, 3.63) is 70.7 Å². The van der Waals surface area contributed by atoms with E-state index in [-0.39, 0.29) is 17.4 Å². The van der Waals surface area contributed by atoms with Gasteiger partial charge in [-0.1, -0.05) is 30.3 Å². The van der Waals surface area contributed by atoms with Gasteiger partial charge in [-0.05, 0) is 42.7 Å². The average molecular weight is 269 g/mol. The molecule has 3 rings (SSSR count). The number of nitrogens with two attached hydrogens (primary N) is 1. The predicted octanol–water partition coefficient (Wildman–Crippen LogP) is 4.24. The van der Waals surface area contributed by atoms with Gasteiger partial charge in [0.1, 0.15) is 5.76 Å². The standard InChI is InChI=1S/C17H16FNO/c1-10-5-3-6-11(2)15(10)16(19)14-9-12-7-4-8-13(18)17(12)20-14/h3-9,16H,19H2,1-2H3. The molecule has 2 N–H and O–H groups in total. The molecule has 0 spiro atoms. The average Bonchev–Trinajstić information content (AvgIpc) is 2.84. The molecular formula is C17H16FNO. The Morgan fingerprint density at radius 1 is 1.05 bits per heavy atom. The van der Waals surface area contributed by atoms with E-state index in [1.807, 2.05) is 44.2 Å². The summed E-state index contributed by atoms with van der Waals surface area (Å²) >= 11 is 0. The van der Waals surface area contributed by atoms with E-state index in [1.54, 1.807) is 6.07 Å². The van der Waals surface area contributed by atoms with Crippen LogP contribution >= 0.6 is 0 Å². The van der Waals surface area contributed by atoms with E-state index in [9.17, 15) is 4.39 Å². The molecule has 2 aromatic carbocycles. The first kappa shape index (κ1) is 12.9. The lowest BCUT2D eigenvalue weighted by Crippen LogP contribution is -2.14. The van der Waals surface area contributed by atoms with Crippen molar-refractivity contribution in [2.24, 2.45) is 5.73 Å². The number of para-hydroxylation sites is 1. The van der Waals surface area contributed by atoms with Crippen molar-refractivity contribution in [2.75, 3.05) is 0 Å². The number of aryl methyl sites for hydroxylation is 2. The van der Waals surface area contributed by atoms with E-state index >= 15 is 0 Å². The zero-order valence-electron chi connectivity index (χ0n) is 11.5. The van der Waals surface area contributed by atoms with E-state index in [1.165, 1.54) is 6.07 Å². The molecule has 0 saturated heterocycles. The highest BCUT2D eigenvalue weighted by atomic mass is 19.1. The van der Waals surface area contributed by atoms with Crippen molar-refractivity contribution >= 4 is 11.0 Å². The summed E-state index contributed by atoms with van der Waals surface area (Å²) in [5.41, 5.74) is 9.84. The van der Waals surface area contributed by atoms with Gasteiger partial charge in [0.25, 0.3) is 0 Å². The Morgan fingerprint density at radius 2 is 1.70 bits per heavy atom. The van der Waals surface area contributed by atoms with Crippen LogP contribution in [0, 0.1) is 19.7 Å². The number of rotatable bonds is 2. The number of hydrogen-bond acceptors (Lipinski definition) is 2. The second-order valence-corrected chi connectivity index (χ2v) is 5.09. The summed E-state index contributed by atoms with van der Waals surface area (Å²) in [4.78, 5) is 0. The molecule has 20 heavy (non-hydrogen) atoms. The second kappa shape index (κ2) is 4.76. The fourth-order valence-electron chi connectivity index (χ4n) is 2.66. The van der Waals surface area contributed by atoms with Crippen molar-refractivity contribution in [1.29, 1.82) is 0 Å². The molecule has 1 heterocycles. The van der Waals surface area contributed by atoms with Crippen LogP contribution in [0.25, 0.3) is 11.0 Å². The third-order valence-electron chi connectivity index (χ3n) is 3.67. The molecule has 0 radical (unpaired) electrons. The van der Waals surface area contributed by atoms with E-state index in [2.05, 4.69) is 0 Å². The molecule has 0 aliphatic carbocycles. The largest absolute Gasteiger partial charge is 0.456 e. The monoisotopic (exact) mass is 269 g/mol. The van der Waals surface area contributed by atoms with Gasteiger partial charge in [0.15, 0.2) is 11.4 Å². The third-order valence-corrected chi connectivity index (χ3v) is 3.67. The van der Waals surface area contributed by atoms with Crippen LogP contribution in [0.3, 0.4) is 0 Å². The van der Waals surface area contributed by atoms with E-state index < -0.39 is 0 Å². The van der Waals surface area contributed by atoms with Gasteiger partial charge in [-0.3, -0.25) is 0 Å². The molecule has 0 saturated carbocycles. The molecule has 3 heteroatoms. The molecule has 0 amide bonds. The Labute approximate surface area is 117 Å². The van der Waals surface area contributed by atoms with Crippen LogP contribution < -0.4 is 5.73 Å². The SMILES string of the molecule is Cc1cccc(C)c1C(N)c1cc2cccc(F)c2o1. The summed E-state index contributed by atoms with van der Waals surface area (Å²) < 4.78 is 19.3. The Kier molecular flexibility index (Phi) is 3.07. The number of furan rings is 1. The summed E-state index contributed by atoms with van der Waals surface area (Å²) in [6.07, 6.45) is 0. The van der Waals surface area contributed by atoms with Gasteiger partial charge < -0.3 is 10.2 Å². The maximum atomic E-state index is 13.7. The zero-order valence-corrected chi connectivity index (χ0v) is 11.5. The van der Waals surface area contributed by atoms with E-state index in [0.717, 1.165) is 22.1 Å². The van der Waals surface area contributed by atoms with Gasteiger partial charge in [-0.2, -0.15) is 0 Å². The Morgan fingerprint density at radius 3 is 2.35 bits per heavy atom. The lowest BCUT2D eigenvalue weighted by Gasteiger charge is -2.15. The van der Waals surface area contributed by atoms with E-state index in [0.29, 0.717) is 5.76 Å². The molecule has 1 unspecified atom stereocenters. The number of halogens is 1. The topological polar surface area (TPSA) is 39.2 Å². The van der Waals surface area contributed by atoms with Crippen LogP contribution in [0.5, 0.6) is 0 Å². The summed E-state index contributed by atoms with van der Waals surface area (Å²) in [6.45, 7) is 4.04. The first-order valence-corrected chi connectivity index (χ1v) is 6.57. The maximum absolute atomic E-state index is 13.7. The predicted molar refractivity (Wildman–Crippen MR) is 78.1 cm³/mol. The lowest BCUT2D eigenvalue weighted by molar-refractivity contribution is 0.501. The van der Waals surface area contributed by atoms with Crippen LogP contribution in [-0.4, -0.2) is 0 Å². The smallest absolute Gasteiger partial charge is 0.169 e. The molecule has 0 aliphatic heterocycles. The molecule has 1 atom stereocenters. The van der Waals surface area contributed by atoms with E-state index in [4.69, 9.17) is 10.2 Å². The zero-order chi connectivity index (χ0) is 14.3. The fourth-order valence-corrected chi connectivity index (χ4v) is 2.66. The maximum Gasteiger partial charge on any atom is 0.169 e. The molecular weight excluding hydrogens is 253 g/mol. The molecule has 0 aliphatic rings. The van der Waals surface area contributed by atoms with Gasteiger partial charge in [0, 0.05) is 5.39 Å². The minimum Gasteiger partial charge on any atom is -0.456 e. The van der Waals surface area contributed by atoms with Crippen molar-refractivity contribution in [3.8, 4) is 0 Å². The molecule has 102 valence electrons. The molecule has 3 aromatic rings. The van der Waals surface area contributed by atoms with Crippen molar-refractivity contribution in [1.82, 2.24) is 0 Å². The number of benzene rings is 2. The Bertz CT molecular complexity index is 756. The molecule has 0 fully saturated rings. The van der Waals surface area contributed by atoms with Crippen LogP contribution in [-0.2, 0) is 0 Å². The highest BCUT2D eigenvalue weighted by molar-refractivity contribution is 5.78. The summed E-state index contributed by atoms with van der Waals surface area (Å²) in [5.74, 6) is 0.227. The molecule has 1 aromatic heterocycles. The van der Waals surface area contributed by atoms with Crippen molar-refractivity contribution in [3.63, 3.8) is 0 Å². The summed E-state index contributed by atoms with van der Waals surface area (Å²) in [6, 6.07) is 12.3. The van der Waals surface area contributed by atoms with Crippen LogP contribution in [0.15, 0.2) is 46.9 Å². The van der Waals surface area contributed by atoms with Gasteiger partial charge in [-0.15, -0.1) is 0 Å². The Hall–Kier alpha value is -2.13. The second-order valence-electron chi connectivity index (χ2n) is 5.09.